The van der Waals surface area contributed by atoms with Crippen LogP contribution in [0.5, 0.6) is 11.5 Å². The number of hydrogen-bond donors (Lipinski definition) is 0. The Morgan fingerprint density at radius 3 is 1.21 bits per heavy atom. The fourth-order valence-corrected chi connectivity index (χ4v) is 9.32. The molecule has 8 fully saturated rings. The van der Waals surface area contributed by atoms with Gasteiger partial charge in [-0.2, -0.15) is 0 Å². The molecule has 0 aliphatic heterocycles. The maximum Gasteiger partial charge on any atom is 0.142 e. The summed E-state index contributed by atoms with van der Waals surface area (Å²) in [5.74, 6) is 7.34. The van der Waals surface area contributed by atoms with Gasteiger partial charge < -0.3 is 9.47 Å². The lowest BCUT2D eigenvalue weighted by Crippen LogP contribution is -2.54. The largest absolute Gasteiger partial charge is 0.485 e. The summed E-state index contributed by atoms with van der Waals surface area (Å²) < 4.78 is 13.5. The molecule has 28 heavy (non-hydrogen) atoms. The Kier molecular flexibility index (Phi) is 3.35. The van der Waals surface area contributed by atoms with Crippen molar-refractivity contribution >= 4 is 0 Å². The van der Waals surface area contributed by atoms with Crippen LogP contribution in [-0.2, 0) is 0 Å². The average Bonchev–Trinajstić information content (AvgIpc) is 2.58. The summed E-state index contributed by atoms with van der Waals surface area (Å²) in [6.07, 6.45) is 20.1. The third-order valence-electron chi connectivity index (χ3n) is 9.32. The molecule has 1 aromatic rings. The van der Waals surface area contributed by atoms with Gasteiger partial charge in [0.1, 0.15) is 22.7 Å². The third kappa shape index (κ3) is 2.64. The normalized spacial score (nSPS) is 50.1. The lowest BCUT2D eigenvalue weighted by atomic mass is 9.54. The third-order valence-corrected chi connectivity index (χ3v) is 9.32. The Hall–Kier alpha value is -1.25. The van der Waals surface area contributed by atoms with Crippen molar-refractivity contribution < 1.29 is 9.47 Å². The van der Waals surface area contributed by atoms with Gasteiger partial charge in [-0.3, -0.25) is 4.98 Å². The quantitative estimate of drug-likeness (QED) is 0.665. The van der Waals surface area contributed by atoms with Crippen molar-refractivity contribution in [2.24, 2.45) is 35.5 Å². The standard InChI is InChI=1S/C25H33NO2/c1-16-2-18-3-17(1)9-24(8-16,10-18)27-22-7-23(15-26-14-22)28-25-11-19-4-20(12-25)6-21(5-19)13-25/h7,14-21H,1-6,8-13H2. The van der Waals surface area contributed by atoms with Gasteiger partial charge in [-0.1, -0.05) is 0 Å². The molecule has 1 aromatic heterocycles. The van der Waals surface area contributed by atoms with E-state index in [9.17, 15) is 0 Å². The number of pyridine rings is 1. The van der Waals surface area contributed by atoms with E-state index in [4.69, 9.17) is 9.47 Å². The fraction of sp³-hybridized carbons (Fsp3) is 0.800. The summed E-state index contributed by atoms with van der Waals surface area (Å²) in [6, 6.07) is 2.16. The van der Waals surface area contributed by atoms with Crippen LogP contribution in [0.3, 0.4) is 0 Å². The van der Waals surface area contributed by atoms with E-state index in [1.165, 1.54) is 77.0 Å². The first-order valence-corrected chi connectivity index (χ1v) is 12.0. The first-order valence-electron chi connectivity index (χ1n) is 12.0. The minimum atomic E-state index is 0.0930. The van der Waals surface area contributed by atoms with Gasteiger partial charge in [0.2, 0.25) is 0 Å². The molecule has 8 aliphatic rings. The molecule has 0 radical (unpaired) electrons. The monoisotopic (exact) mass is 379 g/mol. The van der Waals surface area contributed by atoms with Crippen LogP contribution < -0.4 is 9.47 Å². The van der Waals surface area contributed by atoms with Crippen molar-refractivity contribution in [2.45, 2.75) is 88.3 Å². The molecular weight excluding hydrogens is 346 g/mol. The van der Waals surface area contributed by atoms with Crippen LogP contribution in [0.4, 0.5) is 0 Å². The zero-order chi connectivity index (χ0) is 18.3. The van der Waals surface area contributed by atoms with Crippen molar-refractivity contribution in [2.75, 3.05) is 0 Å². The van der Waals surface area contributed by atoms with Gasteiger partial charge in [0.25, 0.3) is 0 Å². The van der Waals surface area contributed by atoms with Crippen LogP contribution in [-0.4, -0.2) is 16.2 Å². The van der Waals surface area contributed by atoms with Crippen LogP contribution in [0.25, 0.3) is 0 Å². The Labute approximate surface area is 168 Å². The van der Waals surface area contributed by atoms with Crippen LogP contribution >= 0.6 is 0 Å². The predicted molar refractivity (Wildman–Crippen MR) is 107 cm³/mol. The molecule has 150 valence electrons. The molecule has 3 nitrogen and oxygen atoms in total. The molecule has 3 heteroatoms. The zero-order valence-electron chi connectivity index (χ0n) is 16.9. The van der Waals surface area contributed by atoms with E-state index in [-0.39, 0.29) is 11.2 Å². The Bertz CT molecular complexity index is 655. The summed E-state index contributed by atoms with van der Waals surface area (Å²) in [5.41, 5.74) is 0.186. The maximum absolute atomic E-state index is 6.73. The van der Waals surface area contributed by atoms with Crippen LogP contribution in [0.1, 0.15) is 77.0 Å². The van der Waals surface area contributed by atoms with Gasteiger partial charge in [-0.25, -0.2) is 0 Å². The highest BCUT2D eigenvalue weighted by Crippen LogP contribution is 2.58. The second-order valence-electron chi connectivity index (χ2n) is 11.8. The Morgan fingerprint density at radius 2 is 0.893 bits per heavy atom. The van der Waals surface area contributed by atoms with Crippen LogP contribution in [0, 0.1) is 35.5 Å². The summed E-state index contributed by atoms with van der Waals surface area (Å²) >= 11 is 0. The van der Waals surface area contributed by atoms with Crippen molar-refractivity contribution in [3.05, 3.63) is 18.5 Å². The Balaban J connectivity index is 1.12. The second-order valence-corrected chi connectivity index (χ2v) is 11.8. The van der Waals surface area contributed by atoms with Gasteiger partial charge in [0, 0.05) is 6.07 Å². The van der Waals surface area contributed by atoms with Crippen molar-refractivity contribution in [1.29, 1.82) is 0 Å². The number of hydrogen-bond acceptors (Lipinski definition) is 3. The molecule has 0 atom stereocenters. The first kappa shape index (κ1) is 16.5. The smallest absolute Gasteiger partial charge is 0.142 e. The van der Waals surface area contributed by atoms with E-state index in [1.54, 1.807) is 0 Å². The highest BCUT2D eigenvalue weighted by atomic mass is 16.5. The van der Waals surface area contributed by atoms with E-state index in [1.807, 2.05) is 12.4 Å². The predicted octanol–water partition coefficient (Wildman–Crippen LogP) is 5.78. The lowest BCUT2D eigenvalue weighted by molar-refractivity contribution is -0.110. The molecule has 0 spiro atoms. The minimum absolute atomic E-state index is 0.0930. The molecule has 1 heterocycles. The summed E-state index contributed by atoms with van der Waals surface area (Å²) in [7, 11) is 0. The number of rotatable bonds is 4. The van der Waals surface area contributed by atoms with Gasteiger partial charge in [-0.05, 0) is 113 Å². The number of nitrogens with zero attached hydrogens (tertiary/aromatic N) is 1. The highest BCUT2D eigenvalue weighted by molar-refractivity contribution is 5.30. The average molecular weight is 380 g/mol. The maximum atomic E-state index is 6.73. The summed E-state index contributed by atoms with van der Waals surface area (Å²) in [6.45, 7) is 0. The zero-order valence-corrected chi connectivity index (χ0v) is 16.9. The lowest BCUT2D eigenvalue weighted by Gasteiger charge is -2.56. The molecule has 0 saturated heterocycles. The van der Waals surface area contributed by atoms with E-state index < -0.39 is 0 Å². The molecular formula is C25H33NO2. The van der Waals surface area contributed by atoms with E-state index in [0.29, 0.717) is 0 Å². The molecule has 8 aliphatic carbocycles. The van der Waals surface area contributed by atoms with Gasteiger partial charge in [-0.15, -0.1) is 0 Å². The first-order chi connectivity index (χ1) is 13.6. The van der Waals surface area contributed by atoms with Gasteiger partial charge >= 0.3 is 0 Å². The van der Waals surface area contributed by atoms with Crippen molar-refractivity contribution in [3.8, 4) is 11.5 Å². The molecule has 9 rings (SSSR count). The van der Waals surface area contributed by atoms with E-state index in [0.717, 1.165) is 47.0 Å². The summed E-state index contributed by atoms with van der Waals surface area (Å²) in [5, 5.41) is 0. The van der Waals surface area contributed by atoms with E-state index >= 15 is 0 Å². The molecule has 0 N–H and O–H groups in total. The minimum Gasteiger partial charge on any atom is -0.485 e. The van der Waals surface area contributed by atoms with Crippen molar-refractivity contribution in [1.82, 2.24) is 4.98 Å². The van der Waals surface area contributed by atoms with Gasteiger partial charge in [0.15, 0.2) is 0 Å². The summed E-state index contributed by atoms with van der Waals surface area (Å²) in [4.78, 5) is 4.53. The van der Waals surface area contributed by atoms with Crippen LogP contribution in [0.15, 0.2) is 18.5 Å². The molecule has 8 bridgehead atoms. The topological polar surface area (TPSA) is 31.4 Å². The molecule has 0 aromatic carbocycles. The highest BCUT2D eigenvalue weighted by Gasteiger charge is 2.54. The SMILES string of the molecule is c1ncc(OC23CC4CC(CC(C4)C2)C3)cc1OC12CC3CC(CC(C3)C1)C2. The molecule has 0 unspecified atom stereocenters. The van der Waals surface area contributed by atoms with Crippen molar-refractivity contribution in [3.63, 3.8) is 0 Å². The fourth-order valence-electron chi connectivity index (χ4n) is 9.32. The molecule has 8 saturated carbocycles. The van der Waals surface area contributed by atoms with Crippen LogP contribution in [0.2, 0.25) is 0 Å². The second kappa shape index (κ2) is 5.67. The number of aromatic nitrogens is 1. The molecule has 0 amide bonds. The Morgan fingerprint density at radius 1 is 0.571 bits per heavy atom. The van der Waals surface area contributed by atoms with Gasteiger partial charge in [0.05, 0.1) is 12.4 Å². The van der Waals surface area contributed by atoms with E-state index in [2.05, 4.69) is 11.1 Å². The number of ether oxygens (including phenoxy) is 2.